The first-order chi connectivity index (χ1) is 15.1. The highest BCUT2D eigenvalue weighted by molar-refractivity contribution is 6.11. The number of nitrogens with zero attached hydrogens (tertiary/aromatic N) is 2. The number of nitrogens with one attached hydrogen (secondary N) is 1. The van der Waals surface area contributed by atoms with E-state index in [1.807, 2.05) is 37.3 Å². The molecule has 9 heteroatoms. The van der Waals surface area contributed by atoms with Crippen LogP contribution in [-0.2, 0) is 6.18 Å². The Hall–Kier alpha value is -3.46. The van der Waals surface area contributed by atoms with Crippen molar-refractivity contribution in [2.75, 3.05) is 11.9 Å². The number of anilines is 1. The van der Waals surface area contributed by atoms with Crippen LogP contribution in [0, 0.1) is 0 Å². The normalized spacial score (nSPS) is 14.6. The van der Waals surface area contributed by atoms with Crippen LogP contribution in [-0.4, -0.2) is 30.1 Å². The Labute approximate surface area is 184 Å². The number of rotatable bonds is 9. The van der Waals surface area contributed by atoms with Gasteiger partial charge in [-0.15, -0.1) is 0 Å². The molecule has 170 valence electrons. The number of halogens is 3. The van der Waals surface area contributed by atoms with Crippen LogP contribution >= 0.6 is 0 Å². The van der Waals surface area contributed by atoms with E-state index in [2.05, 4.69) is 22.0 Å². The fourth-order valence-electron chi connectivity index (χ4n) is 3.26. The van der Waals surface area contributed by atoms with E-state index in [-0.39, 0.29) is 29.2 Å². The zero-order chi connectivity index (χ0) is 23.9. The Bertz CT molecular complexity index is 1020. The SMILES string of the molecule is C=N/C(N)=C(\C=C/C)C(=O)c1nc(NC(C)C(CN)c2ccccc2)ccc1C(F)(F)F. The molecule has 2 unspecified atom stereocenters. The van der Waals surface area contributed by atoms with E-state index >= 15 is 0 Å². The van der Waals surface area contributed by atoms with Gasteiger partial charge in [-0.2, -0.15) is 13.2 Å². The summed E-state index contributed by atoms with van der Waals surface area (Å²) in [5.74, 6) is -1.32. The van der Waals surface area contributed by atoms with Gasteiger partial charge in [-0.1, -0.05) is 42.5 Å². The van der Waals surface area contributed by atoms with Gasteiger partial charge in [0.2, 0.25) is 5.78 Å². The highest BCUT2D eigenvalue weighted by Crippen LogP contribution is 2.34. The lowest BCUT2D eigenvalue weighted by Gasteiger charge is -2.25. The molecule has 0 saturated carbocycles. The average Bonchev–Trinajstić information content (AvgIpc) is 2.77. The van der Waals surface area contributed by atoms with E-state index in [4.69, 9.17) is 11.5 Å². The lowest BCUT2D eigenvalue weighted by Crippen LogP contribution is -2.30. The summed E-state index contributed by atoms with van der Waals surface area (Å²) in [6.07, 6.45) is -2.05. The highest BCUT2D eigenvalue weighted by Gasteiger charge is 2.37. The Morgan fingerprint density at radius 2 is 1.91 bits per heavy atom. The van der Waals surface area contributed by atoms with Crippen molar-refractivity contribution in [3.63, 3.8) is 0 Å². The molecule has 1 aromatic carbocycles. The number of hydrogen-bond donors (Lipinski definition) is 3. The zero-order valence-electron chi connectivity index (χ0n) is 17.9. The van der Waals surface area contributed by atoms with Gasteiger partial charge in [0.1, 0.15) is 17.3 Å². The predicted octanol–water partition coefficient (Wildman–Crippen LogP) is 4.27. The first-order valence-electron chi connectivity index (χ1n) is 9.87. The summed E-state index contributed by atoms with van der Waals surface area (Å²) in [4.78, 5) is 20.4. The molecule has 32 heavy (non-hydrogen) atoms. The molecular weight excluding hydrogens is 419 g/mol. The van der Waals surface area contributed by atoms with E-state index in [0.717, 1.165) is 11.6 Å². The van der Waals surface area contributed by atoms with Crippen LogP contribution in [0.1, 0.15) is 41.4 Å². The standard InChI is InChI=1S/C23H26F3N5O/c1-4-8-16(22(28)29-3)21(32)20-18(23(24,25)26)11-12-19(31-20)30-14(2)17(13-27)15-9-6-5-7-10-15/h4-12,14,17H,3,13,27-28H2,1-2H3,(H,30,31)/b8-4-,22-16+. The molecular formula is C23H26F3N5O. The Morgan fingerprint density at radius 1 is 1.25 bits per heavy atom. The summed E-state index contributed by atoms with van der Waals surface area (Å²) in [6.45, 7) is 6.98. The third kappa shape index (κ3) is 5.82. The van der Waals surface area contributed by atoms with Gasteiger partial charge in [-0.05, 0) is 38.3 Å². The zero-order valence-corrected chi connectivity index (χ0v) is 17.9. The highest BCUT2D eigenvalue weighted by atomic mass is 19.4. The van der Waals surface area contributed by atoms with Crippen LogP contribution in [0.2, 0.25) is 0 Å². The Kier molecular flexibility index (Phi) is 8.31. The summed E-state index contributed by atoms with van der Waals surface area (Å²) in [5.41, 5.74) is 10.4. The molecule has 0 aliphatic heterocycles. The van der Waals surface area contributed by atoms with Gasteiger partial charge in [0.15, 0.2) is 0 Å². The molecule has 0 spiro atoms. The van der Waals surface area contributed by atoms with Crippen molar-refractivity contribution in [2.45, 2.75) is 32.0 Å². The van der Waals surface area contributed by atoms with Crippen molar-refractivity contribution < 1.29 is 18.0 Å². The second kappa shape index (κ2) is 10.7. The number of carbonyl (C=O) groups is 1. The molecule has 1 aromatic heterocycles. The third-order valence-corrected chi connectivity index (χ3v) is 4.90. The number of carbonyl (C=O) groups excluding carboxylic acids is 1. The van der Waals surface area contributed by atoms with Crippen LogP contribution < -0.4 is 16.8 Å². The van der Waals surface area contributed by atoms with E-state index in [9.17, 15) is 18.0 Å². The molecule has 5 N–H and O–H groups in total. The number of aliphatic imine (C=N–C) groups is 1. The maximum atomic E-state index is 13.6. The Balaban J connectivity index is 2.49. The van der Waals surface area contributed by atoms with E-state index in [1.54, 1.807) is 6.92 Å². The van der Waals surface area contributed by atoms with Gasteiger partial charge in [0.25, 0.3) is 0 Å². The maximum Gasteiger partial charge on any atom is 0.418 e. The van der Waals surface area contributed by atoms with Gasteiger partial charge in [0.05, 0.1) is 11.1 Å². The maximum absolute atomic E-state index is 13.6. The fourth-order valence-corrected chi connectivity index (χ4v) is 3.26. The van der Waals surface area contributed by atoms with Crippen LogP contribution in [0.25, 0.3) is 0 Å². The fraction of sp³-hybridized carbons (Fsp3) is 0.261. The molecule has 2 atom stereocenters. The largest absolute Gasteiger partial charge is 0.418 e. The molecule has 0 fully saturated rings. The van der Waals surface area contributed by atoms with Crippen molar-refractivity contribution in [3.8, 4) is 0 Å². The van der Waals surface area contributed by atoms with Gasteiger partial charge >= 0.3 is 6.18 Å². The number of nitrogens with two attached hydrogens (primary N) is 2. The quantitative estimate of drug-likeness (QED) is 0.231. The first kappa shape index (κ1) is 24.8. The molecule has 2 rings (SSSR count). The summed E-state index contributed by atoms with van der Waals surface area (Å²) in [7, 11) is 0. The van der Waals surface area contributed by atoms with Gasteiger partial charge in [0, 0.05) is 18.5 Å². The lowest BCUT2D eigenvalue weighted by atomic mass is 9.92. The van der Waals surface area contributed by atoms with Gasteiger partial charge in [-0.25, -0.2) is 9.98 Å². The lowest BCUT2D eigenvalue weighted by molar-refractivity contribution is -0.138. The minimum absolute atomic E-state index is 0.105. The van der Waals surface area contributed by atoms with Crippen LogP contribution in [0.4, 0.5) is 19.0 Å². The summed E-state index contributed by atoms with van der Waals surface area (Å²) >= 11 is 0. The van der Waals surface area contributed by atoms with Crippen molar-refractivity contribution in [2.24, 2.45) is 16.5 Å². The van der Waals surface area contributed by atoms with Crippen molar-refractivity contribution >= 4 is 18.3 Å². The third-order valence-electron chi connectivity index (χ3n) is 4.90. The number of Topliss-reactive ketones (excluding diaryl/α,β-unsaturated/α-hetero) is 1. The number of ketones is 1. The number of aromatic nitrogens is 1. The topological polar surface area (TPSA) is 106 Å². The second-order valence-corrected chi connectivity index (χ2v) is 7.06. The summed E-state index contributed by atoms with van der Waals surface area (Å²) in [6, 6.07) is 11.2. The number of hydrogen-bond acceptors (Lipinski definition) is 6. The molecule has 1 heterocycles. The smallest absolute Gasteiger partial charge is 0.383 e. The van der Waals surface area contributed by atoms with E-state index < -0.39 is 23.2 Å². The van der Waals surface area contributed by atoms with Crippen molar-refractivity contribution in [3.05, 3.63) is 82.8 Å². The molecule has 2 aromatic rings. The van der Waals surface area contributed by atoms with Crippen LogP contribution in [0.5, 0.6) is 0 Å². The molecule has 0 saturated heterocycles. The first-order valence-corrected chi connectivity index (χ1v) is 9.87. The molecule has 0 radical (unpaired) electrons. The van der Waals surface area contributed by atoms with Crippen molar-refractivity contribution in [1.29, 1.82) is 0 Å². The Morgan fingerprint density at radius 3 is 2.44 bits per heavy atom. The van der Waals surface area contributed by atoms with Gasteiger partial charge in [-0.3, -0.25) is 4.79 Å². The monoisotopic (exact) mass is 445 g/mol. The van der Waals surface area contributed by atoms with Crippen molar-refractivity contribution in [1.82, 2.24) is 4.98 Å². The van der Waals surface area contributed by atoms with E-state index in [0.29, 0.717) is 6.54 Å². The average molecular weight is 445 g/mol. The predicted molar refractivity (Wildman–Crippen MR) is 120 cm³/mol. The van der Waals surface area contributed by atoms with E-state index in [1.165, 1.54) is 18.2 Å². The molecule has 0 aliphatic rings. The summed E-state index contributed by atoms with van der Waals surface area (Å²) in [5, 5.41) is 3.07. The van der Waals surface area contributed by atoms with Crippen LogP contribution in [0.3, 0.4) is 0 Å². The molecule has 0 aliphatic carbocycles. The number of allylic oxidation sites excluding steroid dienone is 3. The second-order valence-electron chi connectivity index (χ2n) is 7.06. The number of alkyl halides is 3. The molecule has 6 nitrogen and oxygen atoms in total. The van der Waals surface area contributed by atoms with Crippen LogP contribution in [0.15, 0.2) is 71.0 Å². The number of benzene rings is 1. The minimum Gasteiger partial charge on any atom is -0.383 e. The summed E-state index contributed by atoms with van der Waals surface area (Å²) < 4.78 is 40.8. The minimum atomic E-state index is -4.79. The van der Waals surface area contributed by atoms with Gasteiger partial charge < -0.3 is 16.8 Å². The molecule has 0 amide bonds. The molecule has 0 bridgehead atoms. The number of pyridine rings is 1.